The molecule has 1 saturated heterocycles. The summed E-state index contributed by atoms with van der Waals surface area (Å²) in [6.07, 6.45) is 0.516. The lowest BCUT2D eigenvalue weighted by Gasteiger charge is -2.35. The van der Waals surface area contributed by atoms with Crippen LogP contribution in [0.25, 0.3) is 0 Å². The molecule has 1 unspecified atom stereocenters. The van der Waals surface area contributed by atoms with Gasteiger partial charge in [-0.25, -0.2) is 4.39 Å². The molecule has 0 bridgehead atoms. The molecule has 2 aromatic rings. The van der Waals surface area contributed by atoms with Gasteiger partial charge >= 0.3 is 0 Å². The molecule has 1 N–H and O–H groups in total. The molecule has 23 heavy (non-hydrogen) atoms. The molecule has 0 radical (unpaired) electrons. The van der Waals surface area contributed by atoms with Crippen molar-refractivity contribution in [3.63, 3.8) is 0 Å². The number of fused-ring (bicyclic) bond motifs is 3. The van der Waals surface area contributed by atoms with Crippen molar-refractivity contribution in [2.24, 2.45) is 5.92 Å². The van der Waals surface area contributed by atoms with Crippen LogP contribution >= 0.6 is 0 Å². The number of benzene rings is 2. The Balaban J connectivity index is 1.68. The van der Waals surface area contributed by atoms with E-state index in [1.165, 1.54) is 6.07 Å². The van der Waals surface area contributed by atoms with E-state index in [1.54, 1.807) is 12.1 Å². The third kappa shape index (κ3) is 2.47. The molecule has 3 nitrogen and oxygen atoms in total. The van der Waals surface area contributed by atoms with E-state index >= 15 is 0 Å². The first kappa shape index (κ1) is 14.2. The van der Waals surface area contributed by atoms with Gasteiger partial charge in [-0.1, -0.05) is 18.2 Å². The van der Waals surface area contributed by atoms with Gasteiger partial charge in [-0.15, -0.1) is 0 Å². The molecule has 2 aromatic carbocycles. The van der Waals surface area contributed by atoms with Crippen LogP contribution in [-0.4, -0.2) is 19.2 Å². The van der Waals surface area contributed by atoms with Crippen molar-refractivity contribution in [3.05, 3.63) is 65.0 Å². The second-order valence-electron chi connectivity index (χ2n) is 6.24. The fourth-order valence-electron chi connectivity index (χ4n) is 3.77. The minimum absolute atomic E-state index is 0.0488. The van der Waals surface area contributed by atoms with E-state index < -0.39 is 0 Å². The zero-order chi connectivity index (χ0) is 15.8. The molecule has 3 atom stereocenters. The van der Waals surface area contributed by atoms with Gasteiger partial charge in [0.1, 0.15) is 17.7 Å². The average molecular weight is 308 g/mol. The van der Waals surface area contributed by atoms with Crippen molar-refractivity contribution >= 4 is 0 Å². The standard InChI is InChI=1S/C19H17FN2O/c20-17-4-2-1-3-13(17)8-19-16-11-22-10-15(16)14-7-12(9-21)5-6-18(14)23-19/h1-7,15-16,19,22H,8,10-11H2/t15-,16+,19?/m1/s1. The van der Waals surface area contributed by atoms with E-state index in [0.717, 1.165) is 24.4 Å². The summed E-state index contributed by atoms with van der Waals surface area (Å²) in [7, 11) is 0. The van der Waals surface area contributed by atoms with Gasteiger partial charge in [-0.3, -0.25) is 0 Å². The first-order valence-corrected chi connectivity index (χ1v) is 7.91. The molecular weight excluding hydrogens is 291 g/mol. The predicted molar refractivity (Wildman–Crippen MR) is 84.8 cm³/mol. The summed E-state index contributed by atoms with van der Waals surface area (Å²) >= 11 is 0. The minimum atomic E-state index is -0.177. The van der Waals surface area contributed by atoms with Gasteiger partial charge in [0, 0.05) is 36.9 Å². The Hall–Kier alpha value is -2.38. The van der Waals surface area contributed by atoms with E-state index in [4.69, 9.17) is 10.00 Å². The number of nitrogens with zero attached hydrogens (tertiary/aromatic N) is 1. The van der Waals surface area contributed by atoms with Crippen molar-refractivity contribution < 1.29 is 9.13 Å². The Morgan fingerprint density at radius 1 is 1.22 bits per heavy atom. The van der Waals surface area contributed by atoms with Crippen molar-refractivity contribution in [2.75, 3.05) is 13.1 Å². The van der Waals surface area contributed by atoms with Crippen LogP contribution in [0.3, 0.4) is 0 Å². The van der Waals surface area contributed by atoms with Crippen LogP contribution in [0.1, 0.15) is 22.6 Å². The number of ether oxygens (including phenoxy) is 1. The Morgan fingerprint density at radius 2 is 2.09 bits per heavy atom. The first-order chi connectivity index (χ1) is 11.3. The van der Waals surface area contributed by atoms with Crippen LogP contribution < -0.4 is 10.1 Å². The van der Waals surface area contributed by atoms with Crippen LogP contribution in [0.15, 0.2) is 42.5 Å². The molecular formula is C19H17FN2O. The SMILES string of the molecule is N#Cc1ccc2c(c1)[C@H]1CNC[C@@H]1C(Cc1ccccc1F)O2. The molecule has 2 aliphatic rings. The first-order valence-electron chi connectivity index (χ1n) is 7.91. The van der Waals surface area contributed by atoms with Crippen LogP contribution in [0, 0.1) is 23.1 Å². The number of nitriles is 1. The van der Waals surface area contributed by atoms with Crippen LogP contribution in [-0.2, 0) is 6.42 Å². The summed E-state index contributed by atoms with van der Waals surface area (Å²) in [4.78, 5) is 0. The third-order valence-corrected chi connectivity index (χ3v) is 4.93. The summed E-state index contributed by atoms with van der Waals surface area (Å²) < 4.78 is 20.2. The number of rotatable bonds is 2. The average Bonchev–Trinajstić information content (AvgIpc) is 3.07. The van der Waals surface area contributed by atoms with E-state index in [-0.39, 0.29) is 11.9 Å². The molecule has 0 saturated carbocycles. The molecule has 1 fully saturated rings. The Morgan fingerprint density at radius 3 is 2.91 bits per heavy atom. The maximum absolute atomic E-state index is 14.0. The summed E-state index contributed by atoms with van der Waals surface area (Å²) in [6, 6.07) is 14.7. The zero-order valence-corrected chi connectivity index (χ0v) is 12.6. The minimum Gasteiger partial charge on any atom is -0.489 e. The highest BCUT2D eigenvalue weighted by atomic mass is 19.1. The van der Waals surface area contributed by atoms with Gasteiger partial charge in [0.25, 0.3) is 0 Å². The molecule has 0 spiro atoms. The summed E-state index contributed by atoms with van der Waals surface area (Å²) in [6.45, 7) is 1.74. The lowest BCUT2D eigenvalue weighted by atomic mass is 9.80. The molecule has 2 heterocycles. The second kappa shape index (κ2) is 5.68. The third-order valence-electron chi connectivity index (χ3n) is 4.93. The highest BCUT2D eigenvalue weighted by molar-refractivity contribution is 5.46. The van der Waals surface area contributed by atoms with Crippen LogP contribution in [0.2, 0.25) is 0 Å². The molecule has 116 valence electrons. The maximum Gasteiger partial charge on any atom is 0.126 e. The number of hydrogen-bond donors (Lipinski definition) is 1. The van der Waals surface area contributed by atoms with E-state index in [9.17, 15) is 4.39 Å². The second-order valence-corrected chi connectivity index (χ2v) is 6.24. The summed E-state index contributed by atoms with van der Waals surface area (Å²) in [5.74, 6) is 1.28. The summed E-state index contributed by atoms with van der Waals surface area (Å²) in [5.41, 5.74) is 2.45. The van der Waals surface area contributed by atoms with Crippen LogP contribution in [0.5, 0.6) is 5.75 Å². The normalized spacial score (nSPS) is 25.1. The predicted octanol–water partition coefficient (Wildman–Crippen LogP) is 3.00. The van der Waals surface area contributed by atoms with Gasteiger partial charge in [-0.05, 0) is 29.8 Å². The van der Waals surface area contributed by atoms with Gasteiger partial charge in [0.15, 0.2) is 0 Å². The van der Waals surface area contributed by atoms with E-state index in [1.807, 2.05) is 24.3 Å². The van der Waals surface area contributed by atoms with Crippen molar-refractivity contribution in [3.8, 4) is 11.8 Å². The largest absolute Gasteiger partial charge is 0.489 e. The molecule has 4 heteroatoms. The topological polar surface area (TPSA) is 45.0 Å². The Bertz CT molecular complexity index is 783. The monoisotopic (exact) mass is 308 g/mol. The zero-order valence-electron chi connectivity index (χ0n) is 12.6. The lowest BCUT2D eigenvalue weighted by molar-refractivity contribution is 0.111. The quantitative estimate of drug-likeness (QED) is 0.927. The Kier molecular flexibility index (Phi) is 3.51. The van der Waals surface area contributed by atoms with Gasteiger partial charge in [0.05, 0.1) is 11.6 Å². The molecule has 0 aromatic heterocycles. The highest BCUT2D eigenvalue weighted by Crippen LogP contribution is 2.43. The van der Waals surface area contributed by atoms with E-state index in [2.05, 4.69) is 11.4 Å². The smallest absolute Gasteiger partial charge is 0.126 e. The molecule has 4 rings (SSSR count). The van der Waals surface area contributed by atoms with Gasteiger partial charge in [0.2, 0.25) is 0 Å². The fourth-order valence-corrected chi connectivity index (χ4v) is 3.77. The molecule has 2 aliphatic heterocycles. The molecule has 0 amide bonds. The van der Waals surface area contributed by atoms with Gasteiger partial charge in [-0.2, -0.15) is 5.26 Å². The highest BCUT2D eigenvalue weighted by Gasteiger charge is 2.41. The lowest BCUT2D eigenvalue weighted by Crippen LogP contribution is -2.37. The number of halogens is 1. The number of hydrogen-bond acceptors (Lipinski definition) is 3. The Labute approximate surface area is 134 Å². The van der Waals surface area contributed by atoms with Crippen LogP contribution in [0.4, 0.5) is 4.39 Å². The van der Waals surface area contributed by atoms with Crippen molar-refractivity contribution in [1.82, 2.24) is 5.32 Å². The van der Waals surface area contributed by atoms with Gasteiger partial charge < -0.3 is 10.1 Å². The molecule has 0 aliphatic carbocycles. The van der Waals surface area contributed by atoms with E-state index in [0.29, 0.717) is 29.4 Å². The number of nitrogens with one attached hydrogen (secondary N) is 1. The summed E-state index contributed by atoms with van der Waals surface area (Å²) in [5, 5.41) is 12.5. The maximum atomic E-state index is 14.0. The fraction of sp³-hybridized carbons (Fsp3) is 0.316. The van der Waals surface area contributed by atoms with Crippen molar-refractivity contribution in [1.29, 1.82) is 5.26 Å². The van der Waals surface area contributed by atoms with Crippen molar-refractivity contribution in [2.45, 2.75) is 18.4 Å².